The number of hydrogen-bond acceptors (Lipinski definition) is 2. The molecule has 1 aromatic carbocycles. The van der Waals surface area contributed by atoms with Gasteiger partial charge in [0.05, 0.1) is 0 Å². The van der Waals surface area contributed by atoms with Crippen LogP contribution in [-0.2, 0) is 6.42 Å². The van der Waals surface area contributed by atoms with Gasteiger partial charge in [-0.25, -0.2) is 0 Å². The maximum atomic E-state index is 4.44. The van der Waals surface area contributed by atoms with E-state index >= 15 is 0 Å². The van der Waals surface area contributed by atoms with Gasteiger partial charge in [-0.15, -0.1) is 24.0 Å². The van der Waals surface area contributed by atoms with Crippen molar-refractivity contribution in [3.05, 3.63) is 35.9 Å². The molecule has 3 rings (SSSR count). The molecule has 2 N–H and O–H groups in total. The first kappa shape index (κ1) is 22.5. The number of guanidine groups is 1. The van der Waals surface area contributed by atoms with Gasteiger partial charge in [0, 0.05) is 32.7 Å². The Kier molecular flexibility index (Phi) is 9.90. The van der Waals surface area contributed by atoms with Crippen LogP contribution in [0.25, 0.3) is 0 Å². The number of nitrogens with one attached hydrogen (secondary N) is 2. The summed E-state index contributed by atoms with van der Waals surface area (Å²) in [6.07, 6.45) is 7.68. The van der Waals surface area contributed by atoms with E-state index in [-0.39, 0.29) is 24.0 Å². The lowest BCUT2D eigenvalue weighted by Crippen LogP contribution is -2.46. The van der Waals surface area contributed by atoms with E-state index in [0.717, 1.165) is 30.8 Å². The Morgan fingerprint density at radius 3 is 2.56 bits per heavy atom. The Hall–Kier alpha value is -0.820. The number of nitrogens with zero attached hydrogens (tertiary/aromatic N) is 2. The second-order valence-electron chi connectivity index (χ2n) is 8.25. The molecular weight excluding hydrogens is 447 g/mol. The fraction of sp³-hybridized carbons (Fsp3) is 0.682. The van der Waals surface area contributed by atoms with Crippen LogP contribution in [0, 0.1) is 11.8 Å². The highest BCUT2D eigenvalue weighted by atomic mass is 127. The monoisotopic (exact) mass is 484 g/mol. The van der Waals surface area contributed by atoms with Crippen LogP contribution in [0.2, 0.25) is 0 Å². The van der Waals surface area contributed by atoms with Crippen molar-refractivity contribution in [2.75, 3.05) is 33.2 Å². The number of aliphatic imine (C=N–C) groups is 1. The fourth-order valence-corrected chi connectivity index (χ4v) is 4.25. The first-order valence-corrected chi connectivity index (χ1v) is 10.5. The zero-order valence-corrected chi connectivity index (χ0v) is 19.3. The largest absolute Gasteiger partial charge is 0.356 e. The van der Waals surface area contributed by atoms with E-state index in [0.29, 0.717) is 6.04 Å². The van der Waals surface area contributed by atoms with E-state index in [9.17, 15) is 0 Å². The number of hydrogen-bond donors (Lipinski definition) is 2. The molecule has 4 nitrogen and oxygen atoms in total. The first-order chi connectivity index (χ1) is 12.7. The minimum atomic E-state index is 0. The van der Waals surface area contributed by atoms with Gasteiger partial charge >= 0.3 is 0 Å². The van der Waals surface area contributed by atoms with Gasteiger partial charge in [-0.2, -0.15) is 0 Å². The lowest BCUT2D eigenvalue weighted by Gasteiger charge is -2.28. The fourth-order valence-electron chi connectivity index (χ4n) is 4.25. The zero-order valence-electron chi connectivity index (χ0n) is 17.0. The third kappa shape index (κ3) is 7.60. The van der Waals surface area contributed by atoms with Gasteiger partial charge in [-0.3, -0.25) is 4.99 Å². The number of rotatable bonds is 6. The molecule has 5 heteroatoms. The molecule has 0 amide bonds. The maximum absolute atomic E-state index is 4.44. The smallest absolute Gasteiger partial charge is 0.191 e. The first-order valence-electron chi connectivity index (χ1n) is 10.5. The van der Waals surface area contributed by atoms with Gasteiger partial charge in [-0.1, -0.05) is 37.3 Å². The summed E-state index contributed by atoms with van der Waals surface area (Å²) in [5.41, 5.74) is 1.44. The van der Waals surface area contributed by atoms with Crippen LogP contribution in [0.15, 0.2) is 35.3 Å². The van der Waals surface area contributed by atoms with E-state index in [4.69, 9.17) is 0 Å². The third-order valence-corrected chi connectivity index (χ3v) is 6.07. The van der Waals surface area contributed by atoms with Gasteiger partial charge in [0.15, 0.2) is 5.96 Å². The second kappa shape index (κ2) is 11.9. The number of likely N-dealkylation sites (tertiary alicyclic amines) is 1. The topological polar surface area (TPSA) is 39.7 Å². The Balaban J connectivity index is 0.00000261. The average molecular weight is 484 g/mol. The normalized spacial score (nSPS) is 26.4. The molecular formula is C22H37IN4. The number of halogens is 1. The standard InChI is InChI=1S/C22H36N4.HI/c1-18-8-10-21(11-9-18)25-22(23-2)24-16-20-13-15-26(17-20)14-12-19-6-4-3-5-7-19;/h3-7,18,20-21H,8-17H2,1-2H3,(H2,23,24,25);1H. The lowest BCUT2D eigenvalue weighted by molar-refractivity contribution is 0.324. The van der Waals surface area contributed by atoms with Crippen LogP contribution in [0.4, 0.5) is 0 Å². The van der Waals surface area contributed by atoms with Crippen molar-refractivity contribution in [1.29, 1.82) is 0 Å². The molecule has 0 bridgehead atoms. The van der Waals surface area contributed by atoms with Crippen molar-refractivity contribution in [1.82, 2.24) is 15.5 Å². The van der Waals surface area contributed by atoms with E-state index in [2.05, 4.69) is 57.8 Å². The quantitative estimate of drug-likeness (QED) is 0.366. The van der Waals surface area contributed by atoms with Crippen LogP contribution in [0.1, 0.15) is 44.6 Å². The molecule has 2 fully saturated rings. The summed E-state index contributed by atoms with van der Waals surface area (Å²) in [6, 6.07) is 11.4. The van der Waals surface area contributed by atoms with E-state index in [1.54, 1.807) is 0 Å². The van der Waals surface area contributed by atoms with E-state index in [1.165, 1.54) is 57.3 Å². The lowest BCUT2D eigenvalue weighted by atomic mass is 9.87. The van der Waals surface area contributed by atoms with Gasteiger partial charge in [0.2, 0.25) is 0 Å². The predicted octanol–water partition coefficient (Wildman–Crippen LogP) is 3.91. The summed E-state index contributed by atoms with van der Waals surface area (Å²) in [5, 5.41) is 7.21. The van der Waals surface area contributed by atoms with Crippen LogP contribution in [0.5, 0.6) is 0 Å². The second-order valence-corrected chi connectivity index (χ2v) is 8.25. The third-order valence-electron chi connectivity index (χ3n) is 6.07. The van der Waals surface area contributed by atoms with Crippen molar-refractivity contribution in [2.45, 2.75) is 51.5 Å². The average Bonchev–Trinajstić information content (AvgIpc) is 3.14. The highest BCUT2D eigenvalue weighted by Gasteiger charge is 2.23. The maximum Gasteiger partial charge on any atom is 0.191 e. The minimum Gasteiger partial charge on any atom is -0.356 e. The molecule has 0 aromatic heterocycles. The summed E-state index contributed by atoms with van der Waals surface area (Å²) in [6.45, 7) is 7.01. The molecule has 1 aromatic rings. The SMILES string of the molecule is CN=C(NCC1CCN(CCc2ccccc2)C1)NC1CCC(C)CC1.I. The molecule has 1 aliphatic heterocycles. The predicted molar refractivity (Wildman–Crippen MR) is 126 cm³/mol. The van der Waals surface area contributed by atoms with Crippen molar-refractivity contribution >= 4 is 29.9 Å². The van der Waals surface area contributed by atoms with Gasteiger partial charge in [0.25, 0.3) is 0 Å². The summed E-state index contributed by atoms with van der Waals surface area (Å²) >= 11 is 0. The summed E-state index contributed by atoms with van der Waals surface area (Å²) < 4.78 is 0. The molecule has 152 valence electrons. The molecule has 0 spiro atoms. The Labute approximate surface area is 182 Å². The molecule has 1 atom stereocenters. The summed E-state index contributed by atoms with van der Waals surface area (Å²) in [5.74, 6) is 2.62. The molecule has 2 aliphatic rings. The van der Waals surface area contributed by atoms with Crippen LogP contribution < -0.4 is 10.6 Å². The molecule has 1 unspecified atom stereocenters. The van der Waals surface area contributed by atoms with Crippen molar-refractivity contribution in [3.63, 3.8) is 0 Å². The Morgan fingerprint density at radius 1 is 1.11 bits per heavy atom. The van der Waals surface area contributed by atoms with Gasteiger partial charge in [-0.05, 0) is 62.5 Å². The number of benzene rings is 1. The molecule has 1 aliphatic carbocycles. The van der Waals surface area contributed by atoms with Crippen molar-refractivity contribution in [2.24, 2.45) is 16.8 Å². The summed E-state index contributed by atoms with van der Waals surface area (Å²) in [4.78, 5) is 7.05. The zero-order chi connectivity index (χ0) is 18.2. The molecule has 27 heavy (non-hydrogen) atoms. The summed E-state index contributed by atoms with van der Waals surface area (Å²) in [7, 11) is 1.89. The Morgan fingerprint density at radius 2 is 1.85 bits per heavy atom. The van der Waals surface area contributed by atoms with Crippen molar-refractivity contribution < 1.29 is 0 Å². The minimum absolute atomic E-state index is 0. The molecule has 1 saturated heterocycles. The van der Waals surface area contributed by atoms with Gasteiger partial charge < -0.3 is 15.5 Å². The van der Waals surface area contributed by atoms with Crippen LogP contribution in [0.3, 0.4) is 0 Å². The van der Waals surface area contributed by atoms with Gasteiger partial charge in [0.1, 0.15) is 0 Å². The molecule has 1 saturated carbocycles. The molecule has 1 heterocycles. The van der Waals surface area contributed by atoms with Crippen LogP contribution >= 0.6 is 24.0 Å². The van der Waals surface area contributed by atoms with Crippen LogP contribution in [-0.4, -0.2) is 50.1 Å². The van der Waals surface area contributed by atoms with Crippen molar-refractivity contribution in [3.8, 4) is 0 Å². The van der Waals surface area contributed by atoms with E-state index in [1.807, 2.05) is 7.05 Å². The Bertz CT molecular complexity index is 555. The van der Waals surface area contributed by atoms with E-state index < -0.39 is 0 Å². The highest BCUT2D eigenvalue weighted by Crippen LogP contribution is 2.23. The highest BCUT2D eigenvalue weighted by molar-refractivity contribution is 14.0. The molecule has 0 radical (unpaired) electrons.